The third-order valence-corrected chi connectivity index (χ3v) is 4.37. The van der Waals surface area contributed by atoms with Crippen LogP contribution < -0.4 is 10.6 Å². The topological polar surface area (TPSA) is 87.7 Å². The molecule has 1 rings (SSSR count). The summed E-state index contributed by atoms with van der Waals surface area (Å²) in [5, 5.41) is 15.2. The first-order chi connectivity index (χ1) is 9.17. The Morgan fingerprint density at radius 3 is 2.25 bits per heavy atom. The summed E-state index contributed by atoms with van der Waals surface area (Å²) >= 11 is 0. The van der Waals surface area contributed by atoms with E-state index in [1.165, 1.54) is 0 Å². The van der Waals surface area contributed by atoms with E-state index in [2.05, 4.69) is 10.6 Å². The number of aliphatic carboxylic acids is 1. The first-order valence-electron chi connectivity index (χ1n) is 7.02. The van der Waals surface area contributed by atoms with Crippen molar-refractivity contribution in [1.82, 2.24) is 10.6 Å². The lowest BCUT2D eigenvalue weighted by Crippen LogP contribution is -2.57. The number of carbonyl (C=O) groups is 2. The highest BCUT2D eigenvalue weighted by Gasteiger charge is 2.43. The summed E-state index contributed by atoms with van der Waals surface area (Å²) in [6.07, 6.45) is 1.66. The fourth-order valence-corrected chi connectivity index (χ4v) is 1.91. The van der Waals surface area contributed by atoms with Gasteiger partial charge in [0.1, 0.15) is 0 Å². The number of carboxylic acid groups (broad SMARTS) is 1. The lowest BCUT2D eigenvalue weighted by atomic mass is 9.74. The summed E-state index contributed by atoms with van der Waals surface area (Å²) in [5.41, 5.74) is -1.65. The molecule has 0 saturated carbocycles. The van der Waals surface area contributed by atoms with Crippen molar-refractivity contribution in [1.29, 1.82) is 0 Å². The fraction of sp³-hybridized carbons (Fsp3) is 0.857. The summed E-state index contributed by atoms with van der Waals surface area (Å²) in [4.78, 5) is 23.2. The van der Waals surface area contributed by atoms with E-state index in [0.29, 0.717) is 13.2 Å². The SMILES string of the molecule is CC(C)(NCC(=O)NC1CCOCC1)C(C)(C)C(=O)O. The van der Waals surface area contributed by atoms with Crippen LogP contribution in [-0.2, 0) is 14.3 Å². The van der Waals surface area contributed by atoms with Crippen molar-refractivity contribution in [2.75, 3.05) is 19.8 Å². The molecule has 0 aromatic carbocycles. The molecular weight excluding hydrogens is 260 g/mol. The molecule has 0 unspecified atom stereocenters. The average Bonchev–Trinajstić information content (AvgIpc) is 2.37. The van der Waals surface area contributed by atoms with E-state index in [1.807, 2.05) is 0 Å². The second-order valence-corrected chi connectivity index (χ2v) is 6.36. The fourth-order valence-electron chi connectivity index (χ4n) is 1.91. The van der Waals surface area contributed by atoms with Crippen molar-refractivity contribution in [2.45, 2.75) is 52.1 Å². The molecule has 116 valence electrons. The minimum absolute atomic E-state index is 0.105. The Morgan fingerprint density at radius 2 is 1.75 bits per heavy atom. The van der Waals surface area contributed by atoms with E-state index in [9.17, 15) is 14.7 Å². The zero-order valence-electron chi connectivity index (χ0n) is 12.8. The van der Waals surface area contributed by atoms with Gasteiger partial charge in [0.2, 0.25) is 5.91 Å². The number of carboxylic acids is 1. The minimum Gasteiger partial charge on any atom is -0.481 e. The molecular formula is C14H26N2O4. The van der Waals surface area contributed by atoms with E-state index < -0.39 is 16.9 Å². The third-order valence-electron chi connectivity index (χ3n) is 4.37. The maximum Gasteiger partial charge on any atom is 0.310 e. The van der Waals surface area contributed by atoms with E-state index >= 15 is 0 Å². The second kappa shape index (κ2) is 6.54. The zero-order chi connectivity index (χ0) is 15.4. The first kappa shape index (κ1) is 16.9. The highest BCUT2D eigenvalue weighted by Crippen LogP contribution is 2.30. The van der Waals surface area contributed by atoms with Gasteiger partial charge in [-0.15, -0.1) is 0 Å². The number of hydrogen-bond acceptors (Lipinski definition) is 4. The Balaban J connectivity index is 2.44. The molecule has 1 aliphatic heterocycles. The molecule has 3 N–H and O–H groups in total. The Hall–Kier alpha value is -1.14. The summed E-state index contributed by atoms with van der Waals surface area (Å²) in [6.45, 7) is 8.36. The van der Waals surface area contributed by atoms with Gasteiger partial charge in [0.25, 0.3) is 0 Å². The quantitative estimate of drug-likeness (QED) is 0.671. The molecule has 1 fully saturated rings. The zero-order valence-corrected chi connectivity index (χ0v) is 12.8. The Kier molecular flexibility index (Phi) is 5.53. The van der Waals surface area contributed by atoms with Crippen LogP contribution in [0.15, 0.2) is 0 Å². The van der Waals surface area contributed by atoms with Gasteiger partial charge in [-0.25, -0.2) is 0 Å². The molecule has 0 aromatic heterocycles. The Bertz CT molecular complexity index is 360. The van der Waals surface area contributed by atoms with Crippen LogP contribution in [0.3, 0.4) is 0 Å². The summed E-state index contributed by atoms with van der Waals surface area (Å²) in [7, 11) is 0. The molecule has 1 amide bonds. The number of amides is 1. The van der Waals surface area contributed by atoms with Crippen molar-refractivity contribution in [3.63, 3.8) is 0 Å². The van der Waals surface area contributed by atoms with Crippen LogP contribution in [0.1, 0.15) is 40.5 Å². The smallest absolute Gasteiger partial charge is 0.310 e. The maximum atomic E-state index is 11.9. The van der Waals surface area contributed by atoms with Crippen LogP contribution in [0.2, 0.25) is 0 Å². The van der Waals surface area contributed by atoms with Crippen LogP contribution >= 0.6 is 0 Å². The van der Waals surface area contributed by atoms with Crippen LogP contribution in [-0.4, -0.2) is 48.3 Å². The third kappa shape index (κ3) is 4.18. The Labute approximate surface area is 120 Å². The van der Waals surface area contributed by atoms with Gasteiger partial charge in [0, 0.05) is 24.8 Å². The first-order valence-corrected chi connectivity index (χ1v) is 7.02. The van der Waals surface area contributed by atoms with Gasteiger partial charge in [-0.1, -0.05) is 0 Å². The van der Waals surface area contributed by atoms with E-state index in [4.69, 9.17) is 4.74 Å². The number of rotatable bonds is 6. The molecule has 0 atom stereocenters. The molecule has 1 saturated heterocycles. The molecule has 20 heavy (non-hydrogen) atoms. The summed E-state index contributed by atoms with van der Waals surface area (Å²) in [6, 6.07) is 0.161. The van der Waals surface area contributed by atoms with Crippen molar-refractivity contribution in [3.8, 4) is 0 Å². The van der Waals surface area contributed by atoms with Crippen molar-refractivity contribution >= 4 is 11.9 Å². The summed E-state index contributed by atoms with van der Waals surface area (Å²) < 4.78 is 5.23. The standard InChI is InChI=1S/C14H26N2O4/c1-13(2,12(18)19)14(3,4)15-9-11(17)16-10-5-7-20-8-6-10/h10,15H,5-9H2,1-4H3,(H,16,17)(H,18,19). The largest absolute Gasteiger partial charge is 0.481 e. The van der Waals surface area contributed by atoms with Gasteiger partial charge < -0.3 is 20.5 Å². The van der Waals surface area contributed by atoms with Crippen LogP contribution in [0, 0.1) is 5.41 Å². The maximum absolute atomic E-state index is 11.9. The molecule has 0 radical (unpaired) electrons. The summed E-state index contributed by atoms with van der Waals surface area (Å²) in [5.74, 6) is -0.994. The predicted octanol–water partition coefficient (Wildman–Crippen LogP) is 0.761. The average molecular weight is 286 g/mol. The minimum atomic E-state index is -0.966. The molecule has 0 aromatic rings. The van der Waals surface area contributed by atoms with Crippen LogP contribution in [0.25, 0.3) is 0 Å². The van der Waals surface area contributed by atoms with Gasteiger partial charge >= 0.3 is 5.97 Å². The van der Waals surface area contributed by atoms with Crippen molar-refractivity contribution in [3.05, 3.63) is 0 Å². The number of ether oxygens (including phenoxy) is 1. The van der Waals surface area contributed by atoms with E-state index in [-0.39, 0.29) is 18.5 Å². The lowest BCUT2D eigenvalue weighted by Gasteiger charge is -2.39. The van der Waals surface area contributed by atoms with Gasteiger partial charge in [-0.3, -0.25) is 9.59 Å². The monoisotopic (exact) mass is 286 g/mol. The lowest BCUT2D eigenvalue weighted by molar-refractivity contribution is -0.151. The number of nitrogens with one attached hydrogen (secondary N) is 2. The predicted molar refractivity (Wildman–Crippen MR) is 75.5 cm³/mol. The highest BCUT2D eigenvalue weighted by atomic mass is 16.5. The number of hydrogen-bond donors (Lipinski definition) is 3. The van der Waals surface area contributed by atoms with Crippen LogP contribution in [0.4, 0.5) is 0 Å². The molecule has 6 nitrogen and oxygen atoms in total. The molecule has 0 aliphatic carbocycles. The van der Waals surface area contributed by atoms with Crippen molar-refractivity contribution in [2.24, 2.45) is 5.41 Å². The molecule has 1 heterocycles. The van der Waals surface area contributed by atoms with Gasteiger partial charge in [-0.2, -0.15) is 0 Å². The van der Waals surface area contributed by atoms with Gasteiger partial charge in [0.05, 0.1) is 12.0 Å². The van der Waals surface area contributed by atoms with E-state index in [0.717, 1.165) is 12.8 Å². The van der Waals surface area contributed by atoms with Crippen LogP contribution in [0.5, 0.6) is 0 Å². The molecule has 0 spiro atoms. The van der Waals surface area contributed by atoms with E-state index in [1.54, 1.807) is 27.7 Å². The molecule has 6 heteroatoms. The Morgan fingerprint density at radius 1 is 1.20 bits per heavy atom. The molecule has 0 bridgehead atoms. The number of carbonyl (C=O) groups excluding carboxylic acids is 1. The molecule has 1 aliphatic rings. The highest BCUT2D eigenvalue weighted by molar-refractivity contribution is 5.79. The van der Waals surface area contributed by atoms with Gasteiger partial charge in [0.15, 0.2) is 0 Å². The van der Waals surface area contributed by atoms with Crippen molar-refractivity contribution < 1.29 is 19.4 Å². The normalized spacial score (nSPS) is 17.8. The second-order valence-electron chi connectivity index (χ2n) is 6.36. The van der Waals surface area contributed by atoms with Gasteiger partial charge in [-0.05, 0) is 40.5 Å².